The Labute approximate surface area is 123 Å². The van der Waals surface area contributed by atoms with Crippen molar-refractivity contribution in [2.75, 3.05) is 25.6 Å². The smallest absolute Gasteiger partial charge is 0.389 e. The van der Waals surface area contributed by atoms with Crippen LogP contribution in [-0.4, -0.2) is 32.5 Å². The number of alkyl halides is 3. The second kappa shape index (κ2) is 8.77. The molecule has 1 N–H and O–H groups in total. The minimum absolute atomic E-state index is 0.00684. The second-order valence-corrected chi connectivity index (χ2v) is 4.92. The Balaban J connectivity index is 2.30. The maximum atomic E-state index is 12.1. The Kier molecular flexibility index (Phi) is 7.36. The number of hydrogen-bond acceptors (Lipinski definition) is 3. The molecule has 1 aromatic carbocycles. The topological polar surface area (TPSA) is 30.5 Å². The van der Waals surface area contributed by atoms with E-state index in [1.54, 1.807) is 7.11 Å². The predicted octanol–water partition coefficient (Wildman–Crippen LogP) is 4.24. The second-order valence-electron chi connectivity index (χ2n) is 4.92. The largest absolute Gasteiger partial charge is 0.491 e. The summed E-state index contributed by atoms with van der Waals surface area (Å²) in [5.74, 6) is 0.738. The number of hydrogen-bond donors (Lipinski definition) is 1. The van der Waals surface area contributed by atoms with E-state index in [-0.39, 0.29) is 12.5 Å². The lowest BCUT2D eigenvalue weighted by molar-refractivity contribution is -0.135. The van der Waals surface area contributed by atoms with Crippen LogP contribution >= 0.6 is 0 Å². The standard InChI is InChI=1S/C15H22F3NO2/c1-12(4-3-9-15(16,17)18)19-13-5-7-14(8-6-13)21-11-10-20-2/h5-8,12,19H,3-4,9-11H2,1-2H3. The summed E-state index contributed by atoms with van der Waals surface area (Å²) in [5, 5.41) is 3.18. The maximum absolute atomic E-state index is 12.1. The molecular weight excluding hydrogens is 283 g/mol. The molecule has 0 spiro atoms. The first-order valence-electron chi connectivity index (χ1n) is 6.96. The van der Waals surface area contributed by atoms with Crippen LogP contribution in [0.4, 0.5) is 18.9 Å². The third-order valence-electron chi connectivity index (χ3n) is 2.92. The van der Waals surface area contributed by atoms with Crippen molar-refractivity contribution in [1.82, 2.24) is 0 Å². The molecule has 0 aliphatic rings. The molecule has 1 unspecified atom stereocenters. The van der Waals surface area contributed by atoms with Gasteiger partial charge in [-0.15, -0.1) is 0 Å². The molecule has 21 heavy (non-hydrogen) atoms. The lowest BCUT2D eigenvalue weighted by Crippen LogP contribution is -2.16. The molecule has 6 heteroatoms. The van der Waals surface area contributed by atoms with Gasteiger partial charge in [0.15, 0.2) is 0 Å². The number of benzene rings is 1. The summed E-state index contributed by atoms with van der Waals surface area (Å²) in [4.78, 5) is 0. The molecule has 0 bridgehead atoms. The zero-order chi connectivity index (χ0) is 15.7. The quantitative estimate of drug-likeness (QED) is 0.692. The van der Waals surface area contributed by atoms with Gasteiger partial charge in [0, 0.05) is 25.3 Å². The highest BCUT2D eigenvalue weighted by Gasteiger charge is 2.26. The normalized spacial score (nSPS) is 13.0. The summed E-state index contributed by atoms with van der Waals surface area (Å²) in [6, 6.07) is 7.33. The minimum Gasteiger partial charge on any atom is -0.491 e. The first-order chi connectivity index (χ1) is 9.90. The Morgan fingerprint density at radius 2 is 1.81 bits per heavy atom. The molecule has 1 atom stereocenters. The van der Waals surface area contributed by atoms with Crippen molar-refractivity contribution >= 4 is 5.69 Å². The van der Waals surface area contributed by atoms with Gasteiger partial charge in [0.2, 0.25) is 0 Å². The summed E-state index contributed by atoms with van der Waals surface area (Å²) in [6.45, 7) is 2.88. The molecule has 0 fully saturated rings. The lowest BCUT2D eigenvalue weighted by Gasteiger charge is -2.16. The molecular formula is C15H22F3NO2. The van der Waals surface area contributed by atoms with Crippen molar-refractivity contribution in [1.29, 1.82) is 0 Å². The zero-order valence-electron chi connectivity index (χ0n) is 12.4. The molecule has 0 heterocycles. The Morgan fingerprint density at radius 1 is 1.14 bits per heavy atom. The van der Waals surface area contributed by atoms with Gasteiger partial charge in [-0.3, -0.25) is 0 Å². The Morgan fingerprint density at radius 3 is 2.38 bits per heavy atom. The van der Waals surface area contributed by atoms with Crippen molar-refractivity contribution < 1.29 is 22.6 Å². The van der Waals surface area contributed by atoms with Gasteiger partial charge < -0.3 is 14.8 Å². The molecule has 0 aromatic heterocycles. The van der Waals surface area contributed by atoms with Gasteiger partial charge in [-0.1, -0.05) is 0 Å². The van der Waals surface area contributed by atoms with Gasteiger partial charge in [0.25, 0.3) is 0 Å². The van der Waals surface area contributed by atoms with Gasteiger partial charge in [-0.2, -0.15) is 13.2 Å². The number of anilines is 1. The van der Waals surface area contributed by atoms with Gasteiger partial charge in [-0.05, 0) is 44.0 Å². The predicted molar refractivity (Wildman–Crippen MR) is 76.8 cm³/mol. The third-order valence-corrected chi connectivity index (χ3v) is 2.92. The number of ether oxygens (including phenoxy) is 2. The fraction of sp³-hybridized carbons (Fsp3) is 0.600. The van der Waals surface area contributed by atoms with Crippen LogP contribution in [0.3, 0.4) is 0 Å². The van der Waals surface area contributed by atoms with Crippen LogP contribution in [0, 0.1) is 0 Å². The van der Waals surface area contributed by atoms with Crippen LogP contribution in [-0.2, 0) is 4.74 Å². The molecule has 0 radical (unpaired) electrons. The van der Waals surface area contributed by atoms with Crippen LogP contribution < -0.4 is 10.1 Å². The van der Waals surface area contributed by atoms with E-state index < -0.39 is 12.6 Å². The first kappa shape index (κ1) is 17.6. The molecule has 120 valence electrons. The highest BCUT2D eigenvalue weighted by molar-refractivity contribution is 5.46. The van der Waals surface area contributed by atoms with Gasteiger partial charge in [0.05, 0.1) is 6.61 Å². The van der Waals surface area contributed by atoms with Gasteiger partial charge >= 0.3 is 6.18 Å². The summed E-state index contributed by atoms with van der Waals surface area (Å²) in [6.07, 6.45) is -4.19. The van der Waals surface area contributed by atoms with Crippen LogP contribution in [0.25, 0.3) is 0 Å². The van der Waals surface area contributed by atoms with E-state index in [9.17, 15) is 13.2 Å². The van der Waals surface area contributed by atoms with Crippen molar-refractivity contribution in [2.45, 2.75) is 38.4 Å². The summed E-state index contributed by atoms with van der Waals surface area (Å²) in [7, 11) is 1.61. The summed E-state index contributed by atoms with van der Waals surface area (Å²) >= 11 is 0. The number of halogens is 3. The average molecular weight is 305 g/mol. The highest BCUT2D eigenvalue weighted by Crippen LogP contribution is 2.23. The molecule has 0 amide bonds. The highest BCUT2D eigenvalue weighted by atomic mass is 19.4. The van der Waals surface area contributed by atoms with E-state index >= 15 is 0 Å². The van der Waals surface area contributed by atoms with Crippen molar-refractivity contribution in [3.05, 3.63) is 24.3 Å². The maximum Gasteiger partial charge on any atom is 0.389 e. The van der Waals surface area contributed by atoms with E-state index in [4.69, 9.17) is 9.47 Å². The zero-order valence-corrected chi connectivity index (χ0v) is 12.4. The van der Waals surface area contributed by atoms with E-state index in [2.05, 4.69) is 5.32 Å². The van der Waals surface area contributed by atoms with Crippen molar-refractivity contribution in [3.63, 3.8) is 0 Å². The molecule has 1 aromatic rings. The van der Waals surface area contributed by atoms with Gasteiger partial charge in [-0.25, -0.2) is 0 Å². The molecule has 1 rings (SSSR count). The van der Waals surface area contributed by atoms with Crippen LogP contribution in [0.2, 0.25) is 0 Å². The van der Waals surface area contributed by atoms with Gasteiger partial charge in [0.1, 0.15) is 12.4 Å². The fourth-order valence-corrected chi connectivity index (χ4v) is 1.86. The van der Waals surface area contributed by atoms with Crippen LogP contribution in [0.5, 0.6) is 5.75 Å². The summed E-state index contributed by atoms with van der Waals surface area (Å²) in [5.41, 5.74) is 0.869. The molecule has 0 aliphatic heterocycles. The van der Waals surface area contributed by atoms with E-state index in [0.717, 1.165) is 11.4 Å². The van der Waals surface area contributed by atoms with E-state index in [0.29, 0.717) is 19.6 Å². The number of methoxy groups -OCH3 is 1. The minimum atomic E-state index is -4.07. The van der Waals surface area contributed by atoms with E-state index in [1.165, 1.54) is 0 Å². The van der Waals surface area contributed by atoms with Crippen LogP contribution in [0.1, 0.15) is 26.2 Å². The lowest BCUT2D eigenvalue weighted by atomic mass is 10.1. The number of nitrogens with one attached hydrogen (secondary N) is 1. The molecule has 3 nitrogen and oxygen atoms in total. The monoisotopic (exact) mass is 305 g/mol. The van der Waals surface area contributed by atoms with Crippen molar-refractivity contribution in [3.8, 4) is 5.75 Å². The third kappa shape index (κ3) is 8.45. The molecule has 0 saturated carbocycles. The number of rotatable bonds is 9. The Bertz CT molecular complexity index is 393. The molecule has 0 aliphatic carbocycles. The Hall–Kier alpha value is -1.43. The van der Waals surface area contributed by atoms with E-state index in [1.807, 2.05) is 31.2 Å². The molecule has 0 saturated heterocycles. The fourth-order valence-electron chi connectivity index (χ4n) is 1.86. The average Bonchev–Trinajstić information content (AvgIpc) is 2.39. The van der Waals surface area contributed by atoms with Crippen LogP contribution in [0.15, 0.2) is 24.3 Å². The first-order valence-corrected chi connectivity index (χ1v) is 6.96. The van der Waals surface area contributed by atoms with Crippen molar-refractivity contribution in [2.24, 2.45) is 0 Å². The summed E-state index contributed by atoms with van der Waals surface area (Å²) < 4.78 is 46.5. The SMILES string of the molecule is COCCOc1ccc(NC(C)CCCC(F)(F)F)cc1.